The summed E-state index contributed by atoms with van der Waals surface area (Å²) in [5.41, 5.74) is 5.80. The van der Waals surface area contributed by atoms with Crippen LogP contribution in [0, 0.1) is 17.8 Å². The number of hydrogen-bond acceptors (Lipinski definition) is 4. The zero-order valence-electron chi connectivity index (χ0n) is 21.6. The van der Waals surface area contributed by atoms with Crippen LogP contribution >= 0.6 is 0 Å². The van der Waals surface area contributed by atoms with E-state index in [1.54, 1.807) is 13.0 Å². The summed E-state index contributed by atoms with van der Waals surface area (Å²) in [5.74, 6) is 3.29. The van der Waals surface area contributed by atoms with Crippen molar-refractivity contribution in [1.29, 1.82) is 0 Å². The van der Waals surface area contributed by atoms with Crippen molar-refractivity contribution in [2.45, 2.75) is 57.5 Å². The lowest BCUT2D eigenvalue weighted by atomic mass is 9.48. The SMILES string of the molecule is CCOC(=O)C=Cc1ccc(-c2ccc(OCc3ccccc3)c(C34CC5CC(CC(C5)C3)C4)c2)cn1. The highest BCUT2D eigenvalue weighted by molar-refractivity contribution is 5.86. The zero-order chi connectivity index (χ0) is 25.2. The molecular weight excluding hydrogens is 458 g/mol. The number of aromatic nitrogens is 1. The molecule has 0 saturated heterocycles. The third-order valence-electron chi connectivity index (χ3n) is 8.62. The first-order valence-electron chi connectivity index (χ1n) is 13.7. The summed E-state index contributed by atoms with van der Waals surface area (Å²) >= 11 is 0. The highest BCUT2D eigenvalue weighted by Crippen LogP contribution is 2.62. The molecule has 4 nitrogen and oxygen atoms in total. The molecule has 190 valence electrons. The predicted molar refractivity (Wildman–Crippen MR) is 146 cm³/mol. The van der Waals surface area contributed by atoms with E-state index in [1.165, 1.54) is 61.3 Å². The lowest BCUT2D eigenvalue weighted by Gasteiger charge is -2.57. The topological polar surface area (TPSA) is 48.4 Å². The van der Waals surface area contributed by atoms with Gasteiger partial charge in [0.1, 0.15) is 12.4 Å². The molecule has 7 rings (SSSR count). The normalized spacial score (nSPS) is 25.9. The molecule has 37 heavy (non-hydrogen) atoms. The number of benzene rings is 2. The Morgan fingerprint density at radius 2 is 1.65 bits per heavy atom. The van der Waals surface area contributed by atoms with Gasteiger partial charge in [-0.2, -0.15) is 0 Å². The number of rotatable bonds is 8. The standard InChI is InChI=1S/C33H35NO3/c1-2-36-32(35)13-11-29-10-8-28(21-34-29)27-9-12-31(37-22-23-6-4-3-5-7-23)30(17-27)33-18-24-14-25(19-33)16-26(15-24)20-33/h3-13,17,21,24-26H,2,14-16,18-20,22H2,1H3. The Hall–Kier alpha value is -3.40. The van der Waals surface area contributed by atoms with Crippen LogP contribution in [0.15, 0.2) is 72.9 Å². The predicted octanol–water partition coefficient (Wildman–Crippen LogP) is 7.37. The molecule has 4 heteroatoms. The first-order valence-corrected chi connectivity index (χ1v) is 13.7. The fourth-order valence-electron chi connectivity index (χ4n) is 7.44. The molecule has 0 unspecified atom stereocenters. The molecule has 4 fully saturated rings. The lowest BCUT2D eigenvalue weighted by Crippen LogP contribution is -2.48. The molecule has 3 aromatic rings. The molecule has 4 aliphatic rings. The first-order chi connectivity index (χ1) is 18.1. The summed E-state index contributed by atoms with van der Waals surface area (Å²) in [5, 5.41) is 0. The highest BCUT2D eigenvalue weighted by Gasteiger charge is 2.52. The second-order valence-corrected chi connectivity index (χ2v) is 11.2. The average Bonchev–Trinajstić information content (AvgIpc) is 2.91. The van der Waals surface area contributed by atoms with Gasteiger partial charge in [0.2, 0.25) is 0 Å². The Morgan fingerprint density at radius 1 is 0.946 bits per heavy atom. The Morgan fingerprint density at radius 3 is 2.30 bits per heavy atom. The van der Waals surface area contributed by atoms with Crippen LogP contribution in [0.25, 0.3) is 17.2 Å². The Bertz CT molecular complexity index is 1240. The van der Waals surface area contributed by atoms with Crippen molar-refractivity contribution in [3.05, 3.63) is 89.8 Å². The van der Waals surface area contributed by atoms with E-state index in [0.717, 1.165) is 34.8 Å². The van der Waals surface area contributed by atoms with Gasteiger partial charge in [-0.1, -0.05) is 42.5 Å². The molecule has 4 saturated carbocycles. The minimum Gasteiger partial charge on any atom is -0.489 e. The number of ether oxygens (including phenoxy) is 2. The maximum absolute atomic E-state index is 11.6. The lowest BCUT2D eigenvalue weighted by molar-refractivity contribution is -0.137. The van der Waals surface area contributed by atoms with Crippen LogP contribution in [-0.4, -0.2) is 17.6 Å². The van der Waals surface area contributed by atoms with E-state index in [0.29, 0.717) is 13.2 Å². The van der Waals surface area contributed by atoms with Crippen molar-refractivity contribution in [3.8, 4) is 16.9 Å². The molecular formula is C33H35NO3. The minimum absolute atomic E-state index is 0.229. The maximum atomic E-state index is 11.6. The molecule has 0 N–H and O–H groups in total. The summed E-state index contributed by atoms with van der Waals surface area (Å²) < 4.78 is 11.5. The van der Waals surface area contributed by atoms with Gasteiger partial charge >= 0.3 is 5.97 Å². The van der Waals surface area contributed by atoms with E-state index in [-0.39, 0.29) is 11.4 Å². The maximum Gasteiger partial charge on any atom is 0.330 e. The Labute approximate surface area is 219 Å². The van der Waals surface area contributed by atoms with Gasteiger partial charge in [-0.15, -0.1) is 0 Å². The van der Waals surface area contributed by atoms with Crippen molar-refractivity contribution in [3.63, 3.8) is 0 Å². The Kier molecular flexibility index (Phi) is 6.58. The van der Waals surface area contributed by atoms with Crippen LogP contribution in [0.4, 0.5) is 0 Å². The largest absolute Gasteiger partial charge is 0.489 e. The smallest absolute Gasteiger partial charge is 0.330 e. The quantitative estimate of drug-likeness (QED) is 0.243. The fraction of sp³-hybridized carbons (Fsp3) is 0.394. The minimum atomic E-state index is -0.348. The molecule has 0 atom stereocenters. The second kappa shape index (κ2) is 10.2. The number of pyridine rings is 1. The van der Waals surface area contributed by atoms with Crippen LogP contribution < -0.4 is 4.74 Å². The van der Waals surface area contributed by atoms with Crippen LogP contribution in [0.5, 0.6) is 5.75 Å². The van der Waals surface area contributed by atoms with Crippen LogP contribution in [0.2, 0.25) is 0 Å². The van der Waals surface area contributed by atoms with E-state index in [1.807, 2.05) is 18.3 Å². The third-order valence-corrected chi connectivity index (χ3v) is 8.62. The van der Waals surface area contributed by atoms with E-state index in [9.17, 15) is 4.79 Å². The third kappa shape index (κ3) is 5.07. The van der Waals surface area contributed by atoms with Crippen molar-refractivity contribution in [2.75, 3.05) is 6.61 Å². The van der Waals surface area contributed by atoms with Gasteiger partial charge in [0, 0.05) is 23.4 Å². The van der Waals surface area contributed by atoms with Gasteiger partial charge in [-0.3, -0.25) is 4.98 Å². The van der Waals surface area contributed by atoms with E-state index >= 15 is 0 Å². The van der Waals surface area contributed by atoms with Gasteiger partial charge in [0.25, 0.3) is 0 Å². The molecule has 2 aromatic carbocycles. The van der Waals surface area contributed by atoms with Crippen LogP contribution in [0.3, 0.4) is 0 Å². The number of hydrogen-bond donors (Lipinski definition) is 0. The van der Waals surface area contributed by atoms with E-state index < -0.39 is 0 Å². The molecule has 0 amide bonds. The molecule has 1 heterocycles. The zero-order valence-corrected chi connectivity index (χ0v) is 21.6. The first kappa shape index (κ1) is 24.0. The summed E-state index contributed by atoms with van der Waals surface area (Å²) in [6.45, 7) is 2.75. The molecule has 4 bridgehead atoms. The van der Waals surface area contributed by atoms with Crippen LogP contribution in [-0.2, 0) is 21.6 Å². The molecule has 0 aliphatic heterocycles. The average molecular weight is 494 g/mol. The van der Waals surface area contributed by atoms with Gasteiger partial charge in [-0.25, -0.2) is 4.79 Å². The van der Waals surface area contributed by atoms with Crippen molar-refractivity contribution >= 4 is 12.0 Å². The highest BCUT2D eigenvalue weighted by atomic mass is 16.5. The number of nitrogens with zero attached hydrogens (tertiary/aromatic N) is 1. The summed E-state index contributed by atoms with van der Waals surface area (Å²) in [6, 6.07) is 21.2. The van der Waals surface area contributed by atoms with Crippen molar-refractivity contribution in [1.82, 2.24) is 4.98 Å². The summed E-state index contributed by atoms with van der Waals surface area (Å²) in [7, 11) is 0. The molecule has 1 aromatic heterocycles. The number of esters is 1. The van der Waals surface area contributed by atoms with Gasteiger partial charge < -0.3 is 9.47 Å². The van der Waals surface area contributed by atoms with Gasteiger partial charge in [0.15, 0.2) is 0 Å². The van der Waals surface area contributed by atoms with Gasteiger partial charge in [0.05, 0.1) is 12.3 Å². The van der Waals surface area contributed by atoms with Crippen LogP contribution in [0.1, 0.15) is 62.3 Å². The summed E-state index contributed by atoms with van der Waals surface area (Å²) in [4.78, 5) is 16.2. The van der Waals surface area contributed by atoms with Crippen molar-refractivity contribution in [2.24, 2.45) is 17.8 Å². The molecule has 0 spiro atoms. The summed E-state index contributed by atoms with van der Waals surface area (Å²) in [6.07, 6.45) is 13.2. The number of carbonyl (C=O) groups excluding carboxylic acids is 1. The fourth-order valence-corrected chi connectivity index (χ4v) is 7.44. The Balaban J connectivity index is 1.31. The van der Waals surface area contributed by atoms with E-state index in [2.05, 4.69) is 53.5 Å². The molecule has 0 radical (unpaired) electrons. The monoisotopic (exact) mass is 493 g/mol. The second-order valence-electron chi connectivity index (χ2n) is 11.2. The van der Waals surface area contributed by atoms with E-state index in [4.69, 9.17) is 9.47 Å². The van der Waals surface area contributed by atoms with Gasteiger partial charge in [-0.05, 0) is 104 Å². The number of carbonyl (C=O) groups is 1. The van der Waals surface area contributed by atoms with Crippen molar-refractivity contribution < 1.29 is 14.3 Å². The molecule has 4 aliphatic carbocycles.